The summed E-state index contributed by atoms with van der Waals surface area (Å²) in [6, 6.07) is 13.6. The molecular formula is C19H16N2O2S. The van der Waals surface area contributed by atoms with Gasteiger partial charge in [-0.1, -0.05) is 12.1 Å². The number of fused-ring (bicyclic) bond motifs is 3. The Hall–Kier alpha value is -2.66. The van der Waals surface area contributed by atoms with Gasteiger partial charge in [0.05, 0.1) is 10.9 Å². The SMILES string of the molecule is CC(NC(=O)c1cc2c(s1)-c1ccccc1OC2)c1ccncc1. The van der Waals surface area contributed by atoms with Crippen LogP contribution < -0.4 is 10.1 Å². The highest BCUT2D eigenvalue weighted by Crippen LogP contribution is 2.42. The zero-order chi connectivity index (χ0) is 16.5. The molecule has 24 heavy (non-hydrogen) atoms. The van der Waals surface area contributed by atoms with Crippen LogP contribution in [0, 0.1) is 0 Å². The minimum absolute atomic E-state index is 0.0591. The van der Waals surface area contributed by atoms with Gasteiger partial charge in [0.15, 0.2) is 0 Å². The number of carbonyl (C=O) groups is 1. The van der Waals surface area contributed by atoms with Crippen molar-refractivity contribution in [1.82, 2.24) is 10.3 Å². The Balaban J connectivity index is 1.58. The van der Waals surface area contributed by atoms with Gasteiger partial charge in [-0.3, -0.25) is 9.78 Å². The molecule has 1 atom stereocenters. The molecule has 120 valence electrons. The van der Waals surface area contributed by atoms with Gasteiger partial charge in [-0.25, -0.2) is 0 Å². The number of thiophene rings is 1. The van der Waals surface area contributed by atoms with E-state index in [9.17, 15) is 4.79 Å². The molecule has 1 amide bonds. The van der Waals surface area contributed by atoms with Crippen LogP contribution in [0.3, 0.4) is 0 Å². The first-order chi connectivity index (χ1) is 11.7. The first-order valence-electron chi connectivity index (χ1n) is 7.78. The molecule has 4 rings (SSSR count). The average Bonchev–Trinajstić information content (AvgIpc) is 3.07. The van der Waals surface area contributed by atoms with Gasteiger partial charge in [0, 0.05) is 28.4 Å². The molecule has 0 spiro atoms. The largest absolute Gasteiger partial charge is 0.488 e. The van der Waals surface area contributed by atoms with E-state index in [0.717, 1.165) is 27.3 Å². The Morgan fingerprint density at radius 3 is 2.88 bits per heavy atom. The molecule has 2 aromatic heterocycles. The highest BCUT2D eigenvalue weighted by molar-refractivity contribution is 7.17. The van der Waals surface area contributed by atoms with Crippen molar-refractivity contribution in [2.45, 2.75) is 19.6 Å². The number of aromatic nitrogens is 1. The summed E-state index contributed by atoms with van der Waals surface area (Å²) >= 11 is 1.52. The van der Waals surface area contributed by atoms with Crippen LogP contribution in [-0.2, 0) is 6.61 Å². The van der Waals surface area contributed by atoms with E-state index in [2.05, 4.69) is 10.3 Å². The maximum absolute atomic E-state index is 12.6. The molecule has 0 aliphatic carbocycles. The number of rotatable bonds is 3. The van der Waals surface area contributed by atoms with Gasteiger partial charge >= 0.3 is 0 Å². The summed E-state index contributed by atoms with van der Waals surface area (Å²) < 4.78 is 5.76. The van der Waals surface area contributed by atoms with Crippen molar-refractivity contribution in [3.05, 3.63) is 70.9 Å². The summed E-state index contributed by atoms with van der Waals surface area (Å²) in [7, 11) is 0. The third-order valence-electron chi connectivity index (χ3n) is 4.10. The van der Waals surface area contributed by atoms with Crippen molar-refractivity contribution in [2.75, 3.05) is 0 Å². The lowest BCUT2D eigenvalue weighted by Crippen LogP contribution is -2.25. The predicted octanol–water partition coefficient (Wildman–Crippen LogP) is 4.19. The van der Waals surface area contributed by atoms with E-state index >= 15 is 0 Å². The van der Waals surface area contributed by atoms with Crippen LogP contribution in [-0.4, -0.2) is 10.9 Å². The zero-order valence-electron chi connectivity index (χ0n) is 13.2. The van der Waals surface area contributed by atoms with E-state index in [0.29, 0.717) is 11.5 Å². The first-order valence-corrected chi connectivity index (χ1v) is 8.60. The fourth-order valence-electron chi connectivity index (χ4n) is 2.81. The topological polar surface area (TPSA) is 51.2 Å². The lowest BCUT2D eigenvalue weighted by atomic mass is 10.1. The van der Waals surface area contributed by atoms with Gasteiger partial charge in [0.25, 0.3) is 5.91 Å². The zero-order valence-corrected chi connectivity index (χ0v) is 14.0. The van der Waals surface area contributed by atoms with E-state index in [1.165, 1.54) is 11.3 Å². The second kappa shape index (κ2) is 6.09. The molecule has 3 aromatic rings. The number of nitrogens with zero attached hydrogens (tertiary/aromatic N) is 1. The van der Waals surface area contributed by atoms with Crippen molar-refractivity contribution in [3.63, 3.8) is 0 Å². The number of pyridine rings is 1. The molecule has 0 radical (unpaired) electrons. The summed E-state index contributed by atoms with van der Waals surface area (Å²) in [5, 5.41) is 3.05. The molecule has 1 unspecified atom stereocenters. The number of para-hydroxylation sites is 1. The van der Waals surface area contributed by atoms with Crippen LogP contribution in [0.1, 0.15) is 33.8 Å². The summed E-state index contributed by atoms with van der Waals surface area (Å²) in [6.45, 7) is 2.48. The number of benzene rings is 1. The predicted molar refractivity (Wildman–Crippen MR) is 94.2 cm³/mol. The molecular weight excluding hydrogens is 320 g/mol. The second-order valence-corrected chi connectivity index (χ2v) is 6.78. The molecule has 3 heterocycles. The van der Waals surface area contributed by atoms with Crippen molar-refractivity contribution < 1.29 is 9.53 Å². The van der Waals surface area contributed by atoms with E-state index in [-0.39, 0.29) is 11.9 Å². The Kier molecular flexibility index (Phi) is 3.78. The summed E-state index contributed by atoms with van der Waals surface area (Å²) in [6.07, 6.45) is 3.46. The molecule has 0 saturated carbocycles. The smallest absolute Gasteiger partial charge is 0.261 e. The van der Waals surface area contributed by atoms with E-state index in [1.807, 2.05) is 49.4 Å². The average molecular weight is 336 g/mol. The van der Waals surface area contributed by atoms with Gasteiger partial charge in [-0.15, -0.1) is 11.3 Å². The van der Waals surface area contributed by atoms with Crippen LogP contribution in [0.15, 0.2) is 54.9 Å². The highest BCUT2D eigenvalue weighted by atomic mass is 32.1. The molecule has 4 nitrogen and oxygen atoms in total. The summed E-state index contributed by atoms with van der Waals surface area (Å²) in [5.41, 5.74) is 3.17. The monoisotopic (exact) mass is 336 g/mol. The van der Waals surface area contributed by atoms with Crippen molar-refractivity contribution in [1.29, 1.82) is 0 Å². The molecule has 1 aromatic carbocycles. The van der Waals surface area contributed by atoms with Gasteiger partial charge in [0.1, 0.15) is 12.4 Å². The summed E-state index contributed by atoms with van der Waals surface area (Å²) in [5.74, 6) is 0.820. The highest BCUT2D eigenvalue weighted by Gasteiger charge is 2.23. The number of ether oxygens (including phenoxy) is 1. The third kappa shape index (κ3) is 2.67. The lowest BCUT2D eigenvalue weighted by molar-refractivity contribution is 0.0944. The fraction of sp³-hybridized carbons (Fsp3) is 0.158. The first kappa shape index (κ1) is 14.9. The summed E-state index contributed by atoms with van der Waals surface area (Å²) in [4.78, 5) is 18.4. The van der Waals surface area contributed by atoms with E-state index < -0.39 is 0 Å². The lowest BCUT2D eigenvalue weighted by Gasteiger charge is -2.16. The number of carbonyl (C=O) groups excluding carboxylic acids is 1. The number of nitrogens with one attached hydrogen (secondary N) is 1. The van der Waals surface area contributed by atoms with Crippen molar-refractivity contribution >= 4 is 17.2 Å². The number of hydrogen-bond acceptors (Lipinski definition) is 4. The maximum Gasteiger partial charge on any atom is 0.261 e. The Morgan fingerprint density at radius 1 is 1.25 bits per heavy atom. The normalized spacial score (nSPS) is 13.4. The molecule has 1 aliphatic rings. The molecule has 1 aliphatic heterocycles. The van der Waals surface area contributed by atoms with Crippen LogP contribution in [0.4, 0.5) is 0 Å². The van der Waals surface area contributed by atoms with Crippen LogP contribution in [0.25, 0.3) is 10.4 Å². The number of amides is 1. The quantitative estimate of drug-likeness (QED) is 0.780. The van der Waals surface area contributed by atoms with Gasteiger partial charge < -0.3 is 10.1 Å². The standard InChI is InChI=1S/C19H16N2O2S/c1-12(13-6-8-20-9-7-13)21-19(22)17-10-14-11-23-16-5-3-2-4-15(16)18(14)24-17/h2-10,12H,11H2,1H3,(H,21,22). The van der Waals surface area contributed by atoms with E-state index in [4.69, 9.17) is 4.74 Å². The van der Waals surface area contributed by atoms with E-state index in [1.54, 1.807) is 12.4 Å². The van der Waals surface area contributed by atoms with Crippen molar-refractivity contribution in [2.24, 2.45) is 0 Å². The molecule has 0 fully saturated rings. The Morgan fingerprint density at radius 2 is 2.04 bits per heavy atom. The van der Waals surface area contributed by atoms with Gasteiger partial charge in [-0.2, -0.15) is 0 Å². The Labute approximate surface area is 144 Å². The fourth-order valence-corrected chi connectivity index (χ4v) is 3.91. The molecule has 5 heteroatoms. The molecule has 0 bridgehead atoms. The maximum atomic E-state index is 12.6. The van der Waals surface area contributed by atoms with Crippen LogP contribution in [0.2, 0.25) is 0 Å². The minimum Gasteiger partial charge on any atom is -0.488 e. The van der Waals surface area contributed by atoms with Crippen LogP contribution >= 0.6 is 11.3 Å². The Bertz CT molecular complexity index is 889. The van der Waals surface area contributed by atoms with Crippen molar-refractivity contribution in [3.8, 4) is 16.2 Å². The minimum atomic E-state index is -0.0665. The van der Waals surface area contributed by atoms with Gasteiger partial charge in [-0.05, 0) is 42.8 Å². The van der Waals surface area contributed by atoms with Gasteiger partial charge in [0.2, 0.25) is 0 Å². The molecule has 1 N–H and O–H groups in total. The van der Waals surface area contributed by atoms with Crippen LogP contribution in [0.5, 0.6) is 5.75 Å². The number of hydrogen-bond donors (Lipinski definition) is 1. The second-order valence-electron chi connectivity index (χ2n) is 5.73. The third-order valence-corrected chi connectivity index (χ3v) is 5.31. The molecule has 0 saturated heterocycles.